The number of halogens is 1. The Morgan fingerprint density at radius 2 is 2.00 bits per heavy atom. The molecule has 112 valence electrons. The average molecular weight is 314 g/mol. The fourth-order valence-corrected chi connectivity index (χ4v) is 3.39. The molecule has 0 radical (unpaired) electrons. The molecule has 1 aromatic heterocycles. The minimum Gasteiger partial charge on any atom is -0.478 e. The predicted molar refractivity (Wildman–Crippen MR) is 68.0 cm³/mol. The molecule has 21 heavy (non-hydrogen) atoms. The molecule has 2 rings (SSSR count). The van der Waals surface area contributed by atoms with Crippen molar-refractivity contribution in [3.8, 4) is 0 Å². The van der Waals surface area contributed by atoms with E-state index in [1.54, 1.807) is 0 Å². The summed E-state index contributed by atoms with van der Waals surface area (Å²) in [4.78, 5) is 10.5. The van der Waals surface area contributed by atoms with Crippen LogP contribution in [0, 0.1) is 19.7 Å². The summed E-state index contributed by atoms with van der Waals surface area (Å²) < 4.78 is 42.8. The molecule has 0 saturated carbocycles. The first kappa shape index (κ1) is 15.1. The Morgan fingerprint density at radius 3 is 2.52 bits per heavy atom. The van der Waals surface area contributed by atoms with Crippen molar-refractivity contribution < 1.29 is 27.3 Å². The van der Waals surface area contributed by atoms with Crippen molar-refractivity contribution in [2.45, 2.75) is 24.5 Å². The van der Waals surface area contributed by atoms with Crippen LogP contribution in [0.5, 0.6) is 0 Å². The number of carboxylic acids is 1. The van der Waals surface area contributed by atoms with Crippen molar-refractivity contribution in [1.82, 2.24) is 10.3 Å². The Balaban J connectivity index is 2.54. The number of rotatable bonds is 4. The Labute approximate surface area is 119 Å². The highest BCUT2D eigenvalue weighted by Crippen LogP contribution is 2.24. The third kappa shape index (κ3) is 2.92. The van der Waals surface area contributed by atoms with Crippen LogP contribution in [0.4, 0.5) is 4.39 Å². The van der Waals surface area contributed by atoms with Crippen LogP contribution in [0.25, 0.3) is 0 Å². The highest BCUT2D eigenvalue weighted by Gasteiger charge is 2.25. The molecule has 0 bridgehead atoms. The number of aryl methyl sites for hydroxylation is 1. The normalized spacial score (nSPS) is 11.6. The maximum atomic E-state index is 13.7. The molecule has 1 N–H and O–H groups in total. The number of hydrogen-bond donors (Lipinski definition) is 1. The summed E-state index contributed by atoms with van der Waals surface area (Å²) in [5.74, 6) is -2.86. The summed E-state index contributed by atoms with van der Waals surface area (Å²) in [6.45, 7) is 2.78. The minimum absolute atomic E-state index is 0.0931. The summed E-state index contributed by atoms with van der Waals surface area (Å²) in [7, 11) is -3.98. The van der Waals surface area contributed by atoms with Gasteiger partial charge in [-0.05, 0) is 26.0 Å². The fraction of sp³-hybridized carbons (Fsp3) is 0.250. The number of aromatic nitrogens is 2. The molecule has 0 atom stereocenters. The van der Waals surface area contributed by atoms with E-state index in [9.17, 15) is 17.6 Å². The summed E-state index contributed by atoms with van der Waals surface area (Å²) in [5, 5.41) is 15.8. The van der Waals surface area contributed by atoms with Gasteiger partial charge < -0.3 is 5.11 Å². The summed E-state index contributed by atoms with van der Waals surface area (Å²) in [5.41, 5.74) is -0.192. The van der Waals surface area contributed by atoms with Gasteiger partial charge in [0.1, 0.15) is 23.0 Å². The van der Waals surface area contributed by atoms with E-state index < -0.39 is 32.9 Å². The van der Waals surface area contributed by atoms with Crippen molar-refractivity contribution in [2.75, 3.05) is 0 Å². The molecule has 0 aliphatic rings. The number of benzene rings is 1. The Hall–Kier alpha value is -2.29. The van der Waals surface area contributed by atoms with Crippen molar-refractivity contribution in [1.29, 1.82) is 0 Å². The number of carbonyl (C=O) groups is 1. The summed E-state index contributed by atoms with van der Waals surface area (Å²) >= 11 is 0. The highest BCUT2D eigenvalue weighted by molar-refractivity contribution is 7.90. The van der Waals surface area contributed by atoms with Gasteiger partial charge in [-0.1, -0.05) is 10.3 Å². The number of nitrogens with zero attached hydrogens (tertiary/aromatic N) is 2. The zero-order valence-corrected chi connectivity index (χ0v) is 11.9. The standard InChI is InChI=1S/C12H11FN2O5S/c1-6-9(13)3-8(12(16)17)4-11(6)21(18,19)5-10-7(2)14-20-15-10/h3-4H,5H2,1-2H3,(H,16,17). The second-order valence-electron chi connectivity index (χ2n) is 4.44. The van der Waals surface area contributed by atoms with Crippen LogP contribution in [0.2, 0.25) is 0 Å². The second kappa shape index (κ2) is 5.24. The summed E-state index contributed by atoms with van der Waals surface area (Å²) in [6, 6.07) is 1.71. The molecular formula is C12H11FN2O5S. The lowest BCUT2D eigenvalue weighted by Gasteiger charge is -2.09. The minimum atomic E-state index is -3.98. The second-order valence-corrected chi connectivity index (χ2v) is 6.40. The topological polar surface area (TPSA) is 110 Å². The van der Waals surface area contributed by atoms with Crippen LogP contribution in [0.1, 0.15) is 27.3 Å². The molecule has 0 spiro atoms. The number of hydrogen-bond acceptors (Lipinski definition) is 6. The maximum absolute atomic E-state index is 13.7. The third-order valence-corrected chi connectivity index (χ3v) is 4.70. The van der Waals surface area contributed by atoms with Gasteiger partial charge in [0.15, 0.2) is 9.84 Å². The molecule has 1 aromatic carbocycles. The zero-order valence-electron chi connectivity index (χ0n) is 11.1. The van der Waals surface area contributed by atoms with Crippen LogP contribution in [-0.4, -0.2) is 29.8 Å². The SMILES string of the molecule is Cc1nonc1CS(=O)(=O)c1cc(C(=O)O)cc(F)c1C. The van der Waals surface area contributed by atoms with E-state index in [1.807, 2.05) is 0 Å². The van der Waals surface area contributed by atoms with Crippen molar-refractivity contribution >= 4 is 15.8 Å². The molecule has 0 saturated heterocycles. The van der Waals surface area contributed by atoms with Crippen molar-refractivity contribution in [3.05, 3.63) is 40.5 Å². The quantitative estimate of drug-likeness (QED) is 0.910. The Bertz CT molecular complexity index is 813. The van der Waals surface area contributed by atoms with Crippen LogP contribution >= 0.6 is 0 Å². The lowest BCUT2D eigenvalue weighted by Crippen LogP contribution is -2.11. The highest BCUT2D eigenvalue weighted by atomic mass is 32.2. The van der Waals surface area contributed by atoms with E-state index in [2.05, 4.69) is 14.9 Å². The Kier molecular flexibility index (Phi) is 3.77. The molecule has 0 aliphatic heterocycles. The van der Waals surface area contributed by atoms with Gasteiger partial charge in [-0.3, -0.25) is 0 Å². The third-order valence-electron chi connectivity index (χ3n) is 2.95. The molecule has 7 nitrogen and oxygen atoms in total. The molecule has 0 unspecified atom stereocenters. The first-order valence-electron chi connectivity index (χ1n) is 5.76. The van der Waals surface area contributed by atoms with Crippen LogP contribution in [0.3, 0.4) is 0 Å². The van der Waals surface area contributed by atoms with Gasteiger partial charge >= 0.3 is 5.97 Å². The molecule has 0 aliphatic carbocycles. The molecular weight excluding hydrogens is 303 g/mol. The van der Waals surface area contributed by atoms with Crippen LogP contribution in [-0.2, 0) is 15.6 Å². The number of carboxylic acid groups (broad SMARTS) is 1. The first-order chi connectivity index (χ1) is 9.72. The molecule has 1 heterocycles. The fourth-order valence-electron chi connectivity index (χ4n) is 1.74. The maximum Gasteiger partial charge on any atom is 0.335 e. The van der Waals surface area contributed by atoms with Crippen LogP contribution in [0.15, 0.2) is 21.7 Å². The molecule has 2 aromatic rings. The lowest BCUT2D eigenvalue weighted by atomic mass is 10.1. The monoisotopic (exact) mass is 314 g/mol. The van der Waals surface area contributed by atoms with Gasteiger partial charge in [0, 0.05) is 5.56 Å². The Morgan fingerprint density at radius 1 is 1.33 bits per heavy atom. The van der Waals surface area contributed by atoms with Gasteiger partial charge in [-0.15, -0.1) is 0 Å². The molecule has 9 heteroatoms. The van der Waals surface area contributed by atoms with E-state index in [-0.39, 0.29) is 16.2 Å². The zero-order chi connectivity index (χ0) is 15.8. The van der Waals surface area contributed by atoms with Crippen molar-refractivity contribution in [2.24, 2.45) is 0 Å². The van der Waals surface area contributed by atoms with E-state index in [0.717, 1.165) is 12.1 Å². The first-order valence-corrected chi connectivity index (χ1v) is 7.42. The van der Waals surface area contributed by atoms with Gasteiger partial charge in [0.25, 0.3) is 0 Å². The van der Waals surface area contributed by atoms with E-state index >= 15 is 0 Å². The lowest BCUT2D eigenvalue weighted by molar-refractivity contribution is 0.0696. The van der Waals surface area contributed by atoms with Crippen LogP contribution < -0.4 is 0 Å². The van der Waals surface area contributed by atoms with Crippen molar-refractivity contribution in [3.63, 3.8) is 0 Å². The average Bonchev–Trinajstić information content (AvgIpc) is 2.77. The van der Waals surface area contributed by atoms with E-state index in [0.29, 0.717) is 5.69 Å². The largest absolute Gasteiger partial charge is 0.478 e. The van der Waals surface area contributed by atoms with Gasteiger partial charge in [-0.25, -0.2) is 22.2 Å². The molecule has 0 amide bonds. The predicted octanol–water partition coefficient (Wildman–Crippen LogP) is 1.50. The molecule has 0 fully saturated rings. The van der Waals surface area contributed by atoms with Gasteiger partial charge in [0.2, 0.25) is 0 Å². The number of aromatic carboxylic acids is 1. The van der Waals surface area contributed by atoms with E-state index in [1.165, 1.54) is 13.8 Å². The summed E-state index contributed by atoms with van der Waals surface area (Å²) in [6.07, 6.45) is 0. The van der Waals surface area contributed by atoms with Gasteiger partial charge in [-0.2, -0.15) is 0 Å². The smallest absolute Gasteiger partial charge is 0.335 e. The van der Waals surface area contributed by atoms with Gasteiger partial charge in [0.05, 0.1) is 10.5 Å². The number of sulfone groups is 1. The van der Waals surface area contributed by atoms with E-state index in [4.69, 9.17) is 5.11 Å².